The Morgan fingerprint density at radius 3 is 2.40 bits per heavy atom. The van der Waals surface area contributed by atoms with Crippen molar-refractivity contribution in [3.63, 3.8) is 0 Å². The maximum absolute atomic E-state index is 13.8. The highest BCUT2D eigenvalue weighted by Crippen LogP contribution is 2.42. The summed E-state index contributed by atoms with van der Waals surface area (Å²) in [5, 5.41) is 27.7. The molecule has 0 saturated heterocycles. The number of fused-ring (bicyclic) bond motifs is 1. The lowest BCUT2D eigenvalue weighted by Crippen LogP contribution is -2.34. The van der Waals surface area contributed by atoms with E-state index in [-0.39, 0.29) is 28.3 Å². The molecule has 1 aliphatic heterocycles. The van der Waals surface area contributed by atoms with Crippen molar-refractivity contribution in [3.05, 3.63) is 94.1 Å². The molecule has 0 spiro atoms. The van der Waals surface area contributed by atoms with Gasteiger partial charge in [-0.2, -0.15) is 4.58 Å². The van der Waals surface area contributed by atoms with Gasteiger partial charge < -0.3 is 14.8 Å². The van der Waals surface area contributed by atoms with Crippen LogP contribution in [0.15, 0.2) is 77.6 Å². The Morgan fingerprint density at radius 2 is 1.69 bits per heavy atom. The SMILES string of the molecule is CCCCCCCn1/c(=C\C2=C([O-])C(=C/C3=[N+](CCCC)c4ccc(C(=O)O)cc4C3(C)C)/C2=O)c2cccc3cccc1c32. The van der Waals surface area contributed by atoms with Crippen molar-refractivity contribution in [1.29, 1.82) is 0 Å². The fourth-order valence-corrected chi connectivity index (χ4v) is 7.10. The number of benzene rings is 3. The fourth-order valence-electron chi connectivity index (χ4n) is 7.10. The second-order valence-electron chi connectivity index (χ2n) is 13.0. The Labute approximate surface area is 264 Å². The Bertz CT molecular complexity index is 1980. The number of carbonyl (C=O) groups is 2. The third-order valence-corrected chi connectivity index (χ3v) is 9.64. The van der Waals surface area contributed by atoms with Gasteiger partial charge in [0.05, 0.1) is 11.0 Å². The van der Waals surface area contributed by atoms with Crippen molar-refractivity contribution < 1.29 is 24.4 Å². The zero-order chi connectivity index (χ0) is 31.9. The summed E-state index contributed by atoms with van der Waals surface area (Å²) in [5.41, 5.74) is 3.87. The van der Waals surface area contributed by atoms with E-state index in [9.17, 15) is 19.8 Å². The van der Waals surface area contributed by atoms with Gasteiger partial charge in [-0.3, -0.25) is 4.79 Å². The predicted molar refractivity (Wildman–Crippen MR) is 179 cm³/mol. The highest BCUT2D eigenvalue weighted by molar-refractivity contribution is 6.26. The molecular formula is C39H42N2O4. The lowest BCUT2D eigenvalue weighted by molar-refractivity contribution is -0.438. The minimum Gasteiger partial charge on any atom is -0.871 e. The van der Waals surface area contributed by atoms with Crippen molar-refractivity contribution in [3.8, 4) is 0 Å². The first-order chi connectivity index (χ1) is 21.7. The van der Waals surface area contributed by atoms with Gasteiger partial charge in [0.25, 0.3) is 0 Å². The Kier molecular flexibility index (Phi) is 8.25. The smallest absolute Gasteiger partial charge is 0.335 e. The number of unbranched alkanes of at least 4 members (excludes halogenated alkanes) is 5. The third kappa shape index (κ3) is 5.20. The molecule has 1 aromatic heterocycles. The summed E-state index contributed by atoms with van der Waals surface area (Å²) in [5.74, 6) is -1.45. The van der Waals surface area contributed by atoms with Gasteiger partial charge in [-0.15, -0.1) is 0 Å². The lowest BCUT2D eigenvalue weighted by Gasteiger charge is -2.29. The highest BCUT2D eigenvalue weighted by atomic mass is 16.4. The maximum atomic E-state index is 13.8. The normalized spacial score (nSPS) is 17.3. The number of carbonyl (C=O) groups excluding carboxylic acids is 1. The molecule has 232 valence electrons. The number of rotatable bonds is 12. The van der Waals surface area contributed by atoms with E-state index >= 15 is 0 Å². The van der Waals surface area contributed by atoms with Crippen LogP contribution in [0.25, 0.3) is 27.8 Å². The molecule has 2 aliphatic rings. The number of nitrogens with zero attached hydrogens (tertiary/aromatic N) is 2. The van der Waals surface area contributed by atoms with Crippen molar-refractivity contribution >= 4 is 50.9 Å². The standard InChI is InChI=1S/C39H42N2O4/c1-5-7-9-10-11-21-40-32-17-13-15-25-14-12-16-27(35(25)32)33(40)23-28-36(42)29(37(28)43)24-34-39(3,4)30-22-26(38(44)45)18-19-31(30)41(34)20-8-6-2/h12-19,22-24H,5-11,20-21H2,1-4H3,(H-,42,43,44,45). The summed E-state index contributed by atoms with van der Waals surface area (Å²) in [6.07, 6.45) is 11.3. The van der Waals surface area contributed by atoms with Crippen LogP contribution in [0.2, 0.25) is 0 Å². The van der Waals surface area contributed by atoms with Gasteiger partial charge in [-0.05, 0) is 49.9 Å². The van der Waals surface area contributed by atoms with Crippen molar-refractivity contribution in [1.82, 2.24) is 4.57 Å². The van der Waals surface area contributed by atoms with Crippen molar-refractivity contribution in [2.75, 3.05) is 6.54 Å². The summed E-state index contributed by atoms with van der Waals surface area (Å²) < 4.78 is 4.44. The van der Waals surface area contributed by atoms with Gasteiger partial charge in [0.2, 0.25) is 5.69 Å². The molecule has 45 heavy (non-hydrogen) atoms. The van der Waals surface area contributed by atoms with Gasteiger partial charge in [-0.25, -0.2) is 4.79 Å². The Balaban J connectivity index is 1.44. The molecule has 0 bridgehead atoms. The molecule has 0 unspecified atom stereocenters. The summed E-state index contributed by atoms with van der Waals surface area (Å²) >= 11 is 0. The van der Waals surface area contributed by atoms with Gasteiger partial charge >= 0.3 is 5.97 Å². The summed E-state index contributed by atoms with van der Waals surface area (Å²) in [4.78, 5) is 25.5. The van der Waals surface area contributed by atoms with Gasteiger partial charge in [0.1, 0.15) is 6.54 Å². The molecule has 4 aromatic rings. The van der Waals surface area contributed by atoms with Crippen LogP contribution in [0.3, 0.4) is 0 Å². The number of carboxylic acid groups (broad SMARTS) is 1. The molecule has 2 heterocycles. The first kappa shape index (κ1) is 30.6. The van der Waals surface area contributed by atoms with Gasteiger partial charge in [-0.1, -0.05) is 82.0 Å². The highest BCUT2D eigenvalue weighted by Gasteiger charge is 2.45. The van der Waals surface area contributed by atoms with E-state index in [1.54, 1.807) is 18.2 Å². The number of hydrogen-bond donors (Lipinski definition) is 1. The van der Waals surface area contributed by atoms with E-state index in [2.05, 4.69) is 53.3 Å². The number of hydrogen-bond acceptors (Lipinski definition) is 3. The van der Waals surface area contributed by atoms with Crippen LogP contribution in [-0.2, 0) is 16.8 Å². The zero-order valence-electron chi connectivity index (χ0n) is 26.8. The third-order valence-electron chi connectivity index (χ3n) is 9.64. The van der Waals surface area contributed by atoms with Gasteiger partial charge in [0.15, 0.2) is 11.5 Å². The van der Waals surface area contributed by atoms with Gasteiger partial charge in [0, 0.05) is 63.5 Å². The van der Waals surface area contributed by atoms with E-state index in [0.29, 0.717) is 0 Å². The predicted octanol–water partition coefficient (Wildman–Crippen LogP) is 6.96. The number of carboxylic acids is 1. The van der Waals surface area contributed by atoms with Crippen LogP contribution in [-0.4, -0.2) is 38.3 Å². The largest absolute Gasteiger partial charge is 0.871 e. The molecule has 0 atom stereocenters. The Hall–Kier alpha value is -4.45. The summed E-state index contributed by atoms with van der Waals surface area (Å²) in [6, 6.07) is 17.8. The first-order valence-electron chi connectivity index (χ1n) is 16.4. The van der Waals surface area contributed by atoms with Crippen LogP contribution in [0.1, 0.15) is 88.6 Å². The van der Waals surface area contributed by atoms with E-state index in [1.165, 1.54) is 24.6 Å². The van der Waals surface area contributed by atoms with Crippen molar-refractivity contribution in [2.24, 2.45) is 0 Å². The van der Waals surface area contributed by atoms with Crippen LogP contribution in [0.5, 0.6) is 0 Å². The quantitative estimate of drug-likeness (QED) is 0.108. The molecule has 0 fully saturated rings. The van der Waals surface area contributed by atoms with Crippen LogP contribution in [0, 0.1) is 0 Å². The van der Waals surface area contributed by atoms with Crippen LogP contribution >= 0.6 is 0 Å². The molecule has 6 nitrogen and oxygen atoms in total. The number of aromatic nitrogens is 1. The number of Topliss-reactive ketones (excluding diaryl/α,β-unsaturated/α-hetero) is 1. The summed E-state index contributed by atoms with van der Waals surface area (Å²) in [7, 11) is 0. The number of ketones is 1. The van der Waals surface area contributed by atoms with E-state index in [4.69, 9.17) is 0 Å². The number of aromatic carboxylic acids is 1. The molecule has 1 N–H and O–H groups in total. The van der Waals surface area contributed by atoms with E-state index < -0.39 is 11.4 Å². The van der Waals surface area contributed by atoms with E-state index in [0.717, 1.165) is 77.4 Å². The molecule has 1 aliphatic carbocycles. The first-order valence-corrected chi connectivity index (χ1v) is 16.4. The molecule has 6 heteroatoms. The molecule has 3 aromatic carbocycles. The minimum atomic E-state index is -0.975. The van der Waals surface area contributed by atoms with Crippen LogP contribution in [0.4, 0.5) is 5.69 Å². The summed E-state index contributed by atoms with van der Waals surface area (Å²) in [6.45, 7) is 9.95. The molecule has 6 rings (SSSR count). The molecular weight excluding hydrogens is 560 g/mol. The zero-order valence-corrected chi connectivity index (χ0v) is 26.8. The fraction of sp³-hybridized carbons (Fsp3) is 0.359. The van der Waals surface area contributed by atoms with Crippen molar-refractivity contribution in [2.45, 2.75) is 84.6 Å². The maximum Gasteiger partial charge on any atom is 0.335 e. The lowest BCUT2D eigenvalue weighted by atomic mass is 9.78. The second kappa shape index (κ2) is 12.2. The number of allylic oxidation sites excluding steroid dienone is 3. The topological polar surface area (TPSA) is 85.4 Å². The monoisotopic (exact) mass is 602 g/mol. The molecule has 0 radical (unpaired) electrons. The molecule has 0 saturated carbocycles. The minimum absolute atomic E-state index is 0.192. The average molecular weight is 603 g/mol. The average Bonchev–Trinajstić information content (AvgIpc) is 3.45. The van der Waals surface area contributed by atoms with E-state index in [1.807, 2.05) is 32.1 Å². The second-order valence-corrected chi connectivity index (χ2v) is 13.0. The number of aryl methyl sites for hydroxylation is 1. The molecule has 0 amide bonds. The Morgan fingerprint density at radius 1 is 0.956 bits per heavy atom. The van der Waals surface area contributed by atoms with Crippen LogP contribution < -0.4 is 10.5 Å².